The average Bonchev–Trinajstić information content (AvgIpc) is 2.95. The van der Waals surface area contributed by atoms with Crippen LogP contribution in [-0.4, -0.2) is 20.6 Å². The fraction of sp³-hybridized carbons (Fsp3) is 0.235. The fourth-order valence-electron chi connectivity index (χ4n) is 2.87. The molecule has 1 aliphatic carbocycles. The molecule has 0 radical (unpaired) electrons. The van der Waals surface area contributed by atoms with E-state index in [1.807, 2.05) is 12.1 Å². The molecule has 1 fully saturated rings. The highest BCUT2D eigenvalue weighted by atomic mass is 32.2. The van der Waals surface area contributed by atoms with Crippen LogP contribution in [-0.2, 0) is 16.1 Å². The molecular formula is C17H16FNO3S. The van der Waals surface area contributed by atoms with Gasteiger partial charge in [-0.2, -0.15) is 0 Å². The third-order valence-electron chi connectivity index (χ3n) is 4.02. The van der Waals surface area contributed by atoms with E-state index in [0.717, 1.165) is 11.1 Å². The van der Waals surface area contributed by atoms with Crippen LogP contribution in [0.5, 0.6) is 0 Å². The lowest BCUT2D eigenvalue weighted by Gasteiger charge is -2.26. The van der Waals surface area contributed by atoms with Gasteiger partial charge in [-0.05, 0) is 41.8 Å². The van der Waals surface area contributed by atoms with Crippen LogP contribution in [0.25, 0.3) is 11.1 Å². The summed E-state index contributed by atoms with van der Waals surface area (Å²) >= 11 is -2.18. The molecule has 2 aromatic rings. The number of hydrogen-bond acceptors (Lipinski definition) is 2. The zero-order chi connectivity index (χ0) is 16.4. The van der Waals surface area contributed by atoms with Crippen LogP contribution in [0.15, 0.2) is 48.5 Å². The summed E-state index contributed by atoms with van der Waals surface area (Å²) in [5.41, 5.74) is 2.35. The van der Waals surface area contributed by atoms with Crippen molar-refractivity contribution in [1.82, 2.24) is 0 Å². The summed E-state index contributed by atoms with van der Waals surface area (Å²) in [5.74, 6) is -0.175. The van der Waals surface area contributed by atoms with E-state index in [1.165, 1.54) is 16.4 Å². The summed E-state index contributed by atoms with van der Waals surface area (Å²) in [4.78, 5) is 11.4. The van der Waals surface area contributed by atoms with Crippen LogP contribution in [0.2, 0.25) is 0 Å². The zero-order valence-corrected chi connectivity index (χ0v) is 13.1. The van der Waals surface area contributed by atoms with Crippen molar-refractivity contribution in [3.63, 3.8) is 0 Å². The van der Waals surface area contributed by atoms with Crippen LogP contribution in [0.3, 0.4) is 0 Å². The maximum Gasteiger partial charge on any atom is 0.262 e. The maximum absolute atomic E-state index is 13.0. The summed E-state index contributed by atoms with van der Waals surface area (Å²) in [5, 5.41) is 0. The van der Waals surface area contributed by atoms with Crippen molar-refractivity contribution >= 4 is 22.7 Å². The minimum Gasteiger partial charge on any atom is -0.300 e. The molecule has 0 bridgehead atoms. The van der Waals surface area contributed by atoms with Crippen molar-refractivity contribution in [2.75, 3.05) is 4.31 Å². The Morgan fingerprint density at radius 2 is 1.61 bits per heavy atom. The highest BCUT2D eigenvalue weighted by Crippen LogP contribution is 2.29. The van der Waals surface area contributed by atoms with Crippen LogP contribution < -0.4 is 4.31 Å². The Balaban J connectivity index is 1.86. The number of halogens is 1. The molecule has 0 amide bonds. The predicted octanol–water partition coefficient (Wildman–Crippen LogP) is 3.56. The van der Waals surface area contributed by atoms with E-state index in [1.54, 1.807) is 24.3 Å². The van der Waals surface area contributed by atoms with Gasteiger partial charge in [-0.3, -0.25) is 13.7 Å². The lowest BCUT2D eigenvalue weighted by Crippen LogP contribution is -2.35. The first-order valence-corrected chi connectivity index (χ1v) is 8.39. The maximum atomic E-state index is 13.0. The summed E-state index contributed by atoms with van der Waals surface area (Å²) in [6.07, 6.45) is 1.34. The van der Waals surface area contributed by atoms with Gasteiger partial charge >= 0.3 is 0 Å². The van der Waals surface area contributed by atoms with Crippen molar-refractivity contribution in [2.45, 2.75) is 25.3 Å². The second kappa shape index (κ2) is 6.60. The predicted molar refractivity (Wildman–Crippen MR) is 87.7 cm³/mol. The number of hydrogen-bond donors (Lipinski definition) is 1. The molecule has 0 heterocycles. The number of anilines is 1. The van der Waals surface area contributed by atoms with Gasteiger partial charge in [0.15, 0.2) is 0 Å². The molecule has 2 atom stereocenters. The first-order valence-electron chi connectivity index (χ1n) is 7.32. The molecule has 0 aromatic heterocycles. The lowest BCUT2D eigenvalue weighted by molar-refractivity contribution is -0.117. The SMILES string of the molecule is O=C1CCC(N(c2ccc(-c3ccc(F)cc3)cc2)S(=O)O)C1. The molecule has 0 aliphatic heterocycles. The van der Waals surface area contributed by atoms with Gasteiger partial charge < -0.3 is 0 Å². The number of carbonyl (C=O) groups excluding carboxylic acids is 1. The number of nitrogens with zero attached hydrogens (tertiary/aromatic N) is 1. The van der Waals surface area contributed by atoms with Crippen LogP contribution in [0, 0.1) is 5.82 Å². The summed E-state index contributed by atoms with van der Waals surface area (Å²) in [6, 6.07) is 13.0. The Labute approximate surface area is 136 Å². The molecule has 23 heavy (non-hydrogen) atoms. The van der Waals surface area contributed by atoms with Gasteiger partial charge in [0.25, 0.3) is 11.3 Å². The molecule has 0 spiro atoms. The van der Waals surface area contributed by atoms with E-state index in [0.29, 0.717) is 24.9 Å². The molecule has 0 saturated heterocycles. The minimum atomic E-state index is -2.18. The molecule has 3 rings (SSSR count). The first kappa shape index (κ1) is 15.8. The fourth-order valence-corrected chi connectivity index (χ4v) is 3.60. The highest BCUT2D eigenvalue weighted by molar-refractivity contribution is 7.80. The smallest absolute Gasteiger partial charge is 0.262 e. The summed E-state index contributed by atoms with van der Waals surface area (Å²) in [6.45, 7) is 0. The van der Waals surface area contributed by atoms with E-state index in [2.05, 4.69) is 0 Å². The average molecular weight is 333 g/mol. The van der Waals surface area contributed by atoms with Gasteiger partial charge in [-0.15, -0.1) is 0 Å². The van der Waals surface area contributed by atoms with E-state index >= 15 is 0 Å². The standard InChI is InChI=1S/C17H16FNO3S/c18-14-5-1-12(2-6-14)13-3-7-15(8-4-13)19(23(21)22)16-9-10-17(20)11-16/h1-8,16H,9-11H2,(H,21,22). The normalized spacial score (nSPS) is 18.9. The van der Waals surface area contributed by atoms with E-state index in [4.69, 9.17) is 0 Å². The van der Waals surface area contributed by atoms with Gasteiger partial charge in [0.1, 0.15) is 11.6 Å². The Bertz CT molecular complexity index is 731. The Kier molecular flexibility index (Phi) is 4.54. The summed E-state index contributed by atoms with van der Waals surface area (Å²) < 4.78 is 35.6. The van der Waals surface area contributed by atoms with Crippen LogP contribution >= 0.6 is 0 Å². The molecule has 4 nitrogen and oxygen atoms in total. The molecule has 6 heteroatoms. The van der Waals surface area contributed by atoms with Crippen molar-refractivity contribution in [3.05, 3.63) is 54.3 Å². The monoisotopic (exact) mass is 333 g/mol. The van der Waals surface area contributed by atoms with Gasteiger partial charge in [-0.1, -0.05) is 24.3 Å². The van der Waals surface area contributed by atoms with E-state index < -0.39 is 11.3 Å². The second-order valence-electron chi connectivity index (χ2n) is 5.55. The molecule has 1 N–H and O–H groups in total. The Morgan fingerprint density at radius 3 is 2.09 bits per heavy atom. The number of Topliss-reactive ketones (excluding diaryl/α,β-unsaturated/α-hetero) is 1. The Morgan fingerprint density at radius 1 is 1.04 bits per heavy atom. The molecule has 120 valence electrons. The molecule has 1 saturated carbocycles. The first-order chi connectivity index (χ1) is 11.0. The van der Waals surface area contributed by atoms with Gasteiger partial charge in [-0.25, -0.2) is 8.60 Å². The zero-order valence-electron chi connectivity index (χ0n) is 12.3. The number of rotatable bonds is 4. The topological polar surface area (TPSA) is 57.6 Å². The van der Waals surface area contributed by atoms with Crippen LogP contribution in [0.1, 0.15) is 19.3 Å². The van der Waals surface area contributed by atoms with Gasteiger partial charge in [0, 0.05) is 12.8 Å². The number of benzene rings is 2. The highest BCUT2D eigenvalue weighted by Gasteiger charge is 2.31. The quantitative estimate of drug-likeness (QED) is 0.871. The van der Waals surface area contributed by atoms with Crippen molar-refractivity contribution in [2.24, 2.45) is 0 Å². The molecule has 2 aromatic carbocycles. The number of ketones is 1. The minimum absolute atomic E-state index is 0.119. The third-order valence-corrected chi connectivity index (χ3v) is 4.86. The number of carbonyl (C=O) groups is 1. The van der Waals surface area contributed by atoms with Crippen molar-refractivity contribution in [3.8, 4) is 11.1 Å². The van der Waals surface area contributed by atoms with Gasteiger partial charge in [0.05, 0.1) is 11.7 Å². The van der Waals surface area contributed by atoms with Crippen LogP contribution in [0.4, 0.5) is 10.1 Å². The second-order valence-corrected chi connectivity index (χ2v) is 6.40. The molecule has 2 unspecified atom stereocenters. The van der Waals surface area contributed by atoms with E-state index in [9.17, 15) is 17.9 Å². The Hall–Kier alpha value is -2.05. The van der Waals surface area contributed by atoms with Crippen molar-refractivity contribution in [1.29, 1.82) is 0 Å². The van der Waals surface area contributed by atoms with Crippen molar-refractivity contribution < 1.29 is 17.9 Å². The molecule has 1 aliphatic rings. The largest absolute Gasteiger partial charge is 0.300 e. The lowest BCUT2D eigenvalue weighted by atomic mass is 10.1. The molecular weight excluding hydrogens is 317 g/mol. The summed E-state index contributed by atoms with van der Waals surface area (Å²) in [7, 11) is 0. The van der Waals surface area contributed by atoms with E-state index in [-0.39, 0.29) is 17.6 Å². The van der Waals surface area contributed by atoms with Gasteiger partial charge in [0.2, 0.25) is 0 Å². The third kappa shape index (κ3) is 3.48.